The number of nitrogens with one attached hydrogen (secondary N) is 2. The molecule has 0 radical (unpaired) electrons. The molecule has 0 bridgehead atoms. The molecule has 0 aliphatic carbocycles. The molecule has 2 atom stereocenters. The number of carbonyl (C=O) groups excluding carboxylic acids is 2. The molecule has 0 aromatic heterocycles. The number of rotatable bonds is 10. The normalized spacial score (nSPS) is 12.6. The number of carboxylic acids is 1. The molecule has 0 unspecified atom stereocenters. The summed E-state index contributed by atoms with van der Waals surface area (Å²) in [6.45, 7) is 1.25. The first-order valence-electron chi connectivity index (χ1n) is 9.44. The van der Waals surface area contributed by atoms with Gasteiger partial charge in [0, 0.05) is 13.3 Å². The third-order valence-electron chi connectivity index (χ3n) is 4.49. The van der Waals surface area contributed by atoms with Crippen LogP contribution in [0.3, 0.4) is 0 Å². The summed E-state index contributed by atoms with van der Waals surface area (Å²) < 4.78 is 13.9. The van der Waals surface area contributed by atoms with E-state index in [2.05, 4.69) is 10.6 Å². The first kappa shape index (κ1) is 22.1. The molecule has 0 heterocycles. The molecule has 2 aromatic rings. The monoisotopic (exact) mass is 400 g/mol. The SMILES string of the molecule is CC(=O)N[C@@H](Cc1ccccc1F)C(=O)N[C@@H](CCCc1ccccc1)C(=O)O. The van der Waals surface area contributed by atoms with Gasteiger partial charge in [0.15, 0.2) is 0 Å². The summed E-state index contributed by atoms with van der Waals surface area (Å²) in [6, 6.07) is 13.4. The summed E-state index contributed by atoms with van der Waals surface area (Å²) in [5.74, 6) is -2.76. The lowest BCUT2D eigenvalue weighted by molar-refractivity contribution is -0.142. The minimum atomic E-state index is -1.15. The van der Waals surface area contributed by atoms with Gasteiger partial charge in [-0.2, -0.15) is 0 Å². The van der Waals surface area contributed by atoms with E-state index in [1.54, 1.807) is 6.07 Å². The quantitative estimate of drug-likeness (QED) is 0.571. The lowest BCUT2D eigenvalue weighted by Crippen LogP contribution is -2.52. The third kappa shape index (κ3) is 7.37. The number of hydrogen-bond donors (Lipinski definition) is 3. The number of benzene rings is 2. The van der Waals surface area contributed by atoms with E-state index in [1.807, 2.05) is 30.3 Å². The van der Waals surface area contributed by atoms with Gasteiger partial charge in [-0.3, -0.25) is 9.59 Å². The predicted molar refractivity (Wildman–Crippen MR) is 107 cm³/mol. The van der Waals surface area contributed by atoms with Crippen LogP contribution in [0.1, 0.15) is 30.9 Å². The zero-order chi connectivity index (χ0) is 21.2. The van der Waals surface area contributed by atoms with Crippen LogP contribution >= 0.6 is 0 Å². The van der Waals surface area contributed by atoms with Crippen molar-refractivity contribution in [3.05, 3.63) is 71.5 Å². The van der Waals surface area contributed by atoms with Crippen molar-refractivity contribution in [2.24, 2.45) is 0 Å². The number of carbonyl (C=O) groups is 3. The largest absolute Gasteiger partial charge is 0.480 e. The van der Waals surface area contributed by atoms with Crippen molar-refractivity contribution < 1.29 is 23.9 Å². The van der Waals surface area contributed by atoms with E-state index in [1.165, 1.54) is 25.1 Å². The zero-order valence-electron chi connectivity index (χ0n) is 16.2. The van der Waals surface area contributed by atoms with Crippen LogP contribution in [0.25, 0.3) is 0 Å². The van der Waals surface area contributed by atoms with Gasteiger partial charge in [0.2, 0.25) is 11.8 Å². The minimum Gasteiger partial charge on any atom is -0.480 e. The molecule has 0 saturated carbocycles. The van der Waals surface area contributed by atoms with Crippen LogP contribution < -0.4 is 10.6 Å². The first-order valence-corrected chi connectivity index (χ1v) is 9.44. The van der Waals surface area contributed by atoms with Gasteiger partial charge in [-0.05, 0) is 36.5 Å². The smallest absolute Gasteiger partial charge is 0.326 e. The molecule has 0 aliphatic rings. The predicted octanol–water partition coefficient (Wildman–Crippen LogP) is 2.47. The summed E-state index contributed by atoms with van der Waals surface area (Å²) in [7, 11) is 0. The molecule has 29 heavy (non-hydrogen) atoms. The maximum atomic E-state index is 13.9. The Morgan fingerprint density at radius 3 is 2.24 bits per heavy atom. The van der Waals surface area contributed by atoms with Crippen molar-refractivity contribution in [2.45, 2.75) is 44.7 Å². The van der Waals surface area contributed by atoms with Crippen molar-refractivity contribution in [2.75, 3.05) is 0 Å². The molecule has 0 fully saturated rings. The van der Waals surface area contributed by atoms with Crippen LogP contribution in [0.2, 0.25) is 0 Å². The molecule has 3 N–H and O–H groups in total. The van der Waals surface area contributed by atoms with E-state index in [9.17, 15) is 23.9 Å². The Kier molecular flexibility index (Phi) is 8.33. The molecule has 0 aliphatic heterocycles. The fourth-order valence-corrected chi connectivity index (χ4v) is 3.02. The highest BCUT2D eigenvalue weighted by Crippen LogP contribution is 2.11. The number of hydrogen-bond acceptors (Lipinski definition) is 3. The van der Waals surface area contributed by atoms with Crippen molar-refractivity contribution in [3.8, 4) is 0 Å². The average Bonchev–Trinajstić information content (AvgIpc) is 2.68. The second kappa shape index (κ2) is 10.9. The van der Waals surface area contributed by atoms with Crippen molar-refractivity contribution >= 4 is 17.8 Å². The average molecular weight is 400 g/mol. The second-order valence-electron chi connectivity index (χ2n) is 6.83. The Balaban J connectivity index is 2.00. The van der Waals surface area contributed by atoms with Crippen LogP contribution in [0.15, 0.2) is 54.6 Å². The minimum absolute atomic E-state index is 0.0750. The summed E-state index contributed by atoms with van der Waals surface area (Å²) in [5.41, 5.74) is 1.34. The molecule has 0 saturated heterocycles. The van der Waals surface area contributed by atoms with Crippen molar-refractivity contribution in [3.63, 3.8) is 0 Å². The first-order chi connectivity index (χ1) is 13.9. The summed E-state index contributed by atoms with van der Waals surface area (Å²) in [6.07, 6.45) is 1.42. The van der Waals surface area contributed by atoms with Gasteiger partial charge in [0.1, 0.15) is 17.9 Å². The van der Waals surface area contributed by atoms with E-state index in [0.717, 1.165) is 5.56 Å². The second-order valence-corrected chi connectivity index (χ2v) is 6.83. The van der Waals surface area contributed by atoms with Crippen LogP contribution in [0, 0.1) is 5.82 Å². The molecule has 6 nitrogen and oxygen atoms in total. The number of amides is 2. The zero-order valence-corrected chi connectivity index (χ0v) is 16.2. The lowest BCUT2D eigenvalue weighted by atomic mass is 10.0. The number of aryl methyl sites for hydroxylation is 1. The molecule has 2 rings (SSSR count). The number of carboxylic acid groups (broad SMARTS) is 1. The van der Waals surface area contributed by atoms with Gasteiger partial charge in [-0.1, -0.05) is 48.5 Å². The van der Waals surface area contributed by atoms with Gasteiger partial charge in [0.25, 0.3) is 0 Å². The Morgan fingerprint density at radius 2 is 1.62 bits per heavy atom. The molecule has 2 aromatic carbocycles. The van der Waals surface area contributed by atoms with Gasteiger partial charge in [-0.25, -0.2) is 9.18 Å². The molecular weight excluding hydrogens is 375 g/mol. The fourth-order valence-electron chi connectivity index (χ4n) is 3.02. The fraction of sp³-hybridized carbons (Fsp3) is 0.318. The maximum Gasteiger partial charge on any atom is 0.326 e. The summed E-state index contributed by atoms with van der Waals surface area (Å²) >= 11 is 0. The maximum absolute atomic E-state index is 13.9. The van der Waals surface area contributed by atoms with E-state index in [0.29, 0.717) is 12.8 Å². The van der Waals surface area contributed by atoms with Crippen molar-refractivity contribution in [1.82, 2.24) is 10.6 Å². The van der Waals surface area contributed by atoms with Crippen LogP contribution in [0.4, 0.5) is 4.39 Å². The van der Waals surface area contributed by atoms with E-state index in [-0.39, 0.29) is 18.4 Å². The third-order valence-corrected chi connectivity index (χ3v) is 4.49. The van der Waals surface area contributed by atoms with E-state index in [4.69, 9.17) is 0 Å². The van der Waals surface area contributed by atoms with Gasteiger partial charge < -0.3 is 15.7 Å². The Morgan fingerprint density at radius 1 is 0.966 bits per heavy atom. The summed E-state index contributed by atoms with van der Waals surface area (Å²) in [4.78, 5) is 35.7. The Hall–Kier alpha value is -3.22. The van der Waals surface area contributed by atoms with E-state index >= 15 is 0 Å². The van der Waals surface area contributed by atoms with Crippen LogP contribution in [-0.4, -0.2) is 35.0 Å². The highest BCUT2D eigenvalue weighted by atomic mass is 19.1. The van der Waals surface area contributed by atoms with Crippen molar-refractivity contribution in [1.29, 1.82) is 0 Å². The topological polar surface area (TPSA) is 95.5 Å². The summed E-state index contributed by atoms with van der Waals surface area (Å²) in [5, 5.41) is 14.4. The van der Waals surface area contributed by atoms with E-state index < -0.39 is 35.7 Å². The molecular formula is C22H25FN2O4. The number of aliphatic carboxylic acids is 1. The Labute approximate surface area is 169 Å². The highest BCUT2D eigenvalue weighted by Gasteiger charge is 2.26. The molecule has 0 spiro atoms. The van der Waals surface area contributed by atoms with Gasteiger partial charge >= 0.3 is 5.97 Å². The van der Waals surface area contributed by atoms with Gasteiger partial charge in [0.05, 0.1) is 0 Å². The number of halogens is 1. The van der Waals surface area contributed by atoms with Gasteiger partial charge in [-0.15, -0.1) is 0 Å². The molecule has 2 amide bonds. The lowest BCUT2D eigenvalue weighted by Gasteiger charge is -2.21. The highest BCUT2D eigenvalue weighted by molar-refractivity contribution is 5.90. The van der Waals surface area contributed by atoms with Crippen LogP contribution in [-0.2, 0) is 27.2 Å². The Bertz CT molecular complexity index is 842. The molecule has 7 heteroatoms. The molecule has 154 valence electrons. The standard InChI is InChI=1S/C22H25FN2O4/c1-15(26)24-20(14-17-11-5-6-12-18(17)23)21(27)25-19(22(28)29)13-7-10-16-8-3-2-4-9-16/h2-6,8-9,11-12,19-20H,7,10,13-14H2,1H3,(H,24,26)(H,25,27)(H,28,29)/t19-,20-/m0/s1. The van der Waals surface area contributed by atoms with Crippen LogP contribution in [0.5, 0.6) is 0 Å².